The quantitative estimate of drug-likeness (QED) is 0.819. The van der Waals surface area contributed by atoms with Gasteiger partial charge in [-0.05, 0) is 37.1 Å². The fourth-order valence-electron chi connectivity index (χ4n) is 3.13. The third-order valence-corrected chi connectivity index (χ3v) is 6.08. The average molecular weight is 412 g/mol. The summed E-state index contributed by atoms with van der Waals surface area (Å²) in [5.41, 5.74) is 0.540. The van der Waals surface area contributed by atoms with Crippen molar-refractivity contribution in [2.45, 2.75) is 24.4 Å². The van der Waals surface area contributed by atoms with Gasteiger partial charge >= 0.3 is 6.18 Å². The highest BCUT2D eigenvalue weighted by Crippen LogP contribution is 2.34. The summed E-state index contributed by atoms with van der Waals surface area (Å²) in [5, 5.41) is 0. The average Bonchev–Trinajstić information content (AvgIpc) is 3.01. The lowest BCUT2D eigenvalue weighted by atomic mass is 10.1. The van der Waals surface area contributed by atoms with E-state index in [9.17, 15) is 26.4 Å². The summed E-state index contributed by atoms with van der Waals surface area (Å²) in [6, 6.07) is 11.4. The number of hydrogen-bond donors (Lipinski definition) is 1. The minimum Gasteiger partial charge on any atom is -0.312 e. The Morgan fingerprint density at radius 2 is 1.75 bits per heavy atom. The van der Waals surface area contributed by atoms with Crippen LogP contribution in [0.2, 0.25) is 0 Å². The van der Waals surface area contributed by atoms with Crippen molar-refractivity contribution in [1.29, 1.82) is 0 Å². The van der Waals surface area contributed by atoms with Gasteiger partial charge in [-0.15, -0.1) is 0 Å². The normalized spacial score (nSPS) is 17.9. The molecule has 0 bridgehead atoms. The standard InChI is InChI=1S/C19H19F3N2O3S/c1-13-6-8-15(9-7-13)24-12-14(10-18(24)25)11-23-28(26,27)17-5-3-2-4-16(17)19(20,21)22/h2-9,14,23H,10-12H2,1H3. The molecule has 1 saturated heterocycles. The molecule has 1 N–H and O–H groups in total. The lowest BCUT2D eigenvalue weighted by Gasteiger charge is -2.18. The molecular formula is C19H19F3N2O3S. The first kappa shape index (κ1) is 20.3. The molecule has 1 aliphatic heterocycles. The molecule has 0 aromatic heterocycles. The van der Waals surface area contributed by atoms with E-state index in [1.807, 2.05) is 19.1 Å². The van der Waals surface area contributed by atoms with E-state index in [1.165, 1.54) is 6.07 Å². The van der Waals surface area contributed by atoms with Gasteiger partial charge in [0.15, 0.2) is 0 Å². The molecule has 5 nitrogen and oxygen atoms in total. The van der Waals surface area contributed by atoms with Gasteiger partial charge in [0.25, 0.3) is 0 Å². The van der Waals surface area contributed by atoms with Crippen molar-refractivity contribution in [3.05, 3.63) is 59.7 Å². The van der Waals surface area contributed by atoms with E-state index >= 15 is 0 Å². The van der Waals surface area contributed by atoms with Crippen molar-refractivity contribution in [2.24, 2.45) is 5.92 Å². The topological polar surface area (TPSA) is 66.5 Å². The van der Waals surface area contributed by atoms with Gasteiger partial charge in [0.05, 0.1) is 10.5 Å². The Labute approximate surface area is 161 Å². The molecule has 0 aliphatic carbocycles. The molecule has 3 rings (SSSR count). The molecule has 9 heteroatoms. The van der Waals surface area contributed by atoms with E-state index in [0.717, 1.165) is 23.8 Å². The van der Waals surface area contributed by atoms with E-state index < -0.39 is 26.7 Å². The van der Waals surface area contributed by atoms with Gasteiger partial charge in [-0.25, -0.2) is 13.1 Å². The number of carbonyl (C=O) groups excluding carboxylic acids is 1. The van der Waals surface area contributed by atoms with Crippen molar-refractivity contribution < 1.29 is 26.4 Å². The number of anilines is 1. The Bertz CT molecular complexity index is 973. The first-order valence-corrected chi connectivity index (χ1v) is 10.1. The Balaban J connectivity index is 1.71. The fourth-order valence-corrected chi connectivity index (χ4v) is 4.47. The molecule has 1 unspecified atom stereocenters. The second-order valence-corrected chi connectivity index (χ2v) is 8.49. The summed E-state index contributed by atoms with van der Waals surface area (Å²) in [6.45, 7) is 2.10. The molecule has 0 saturated carbocycles. The number of alkyl halides is 3. The molecule has 1 fully saturated rings. The van der Waals surface area contributed by atoms with Crippen LogP contribution in [0.1, 0.15) is 17.5 Å². The molecule has 1 atom stereocenters. The van der Waals surface area contributed by atoms with Crippen molar-refractivity contribution in [1.82, 2.24) is 4.72 Å². The number of rotatable bonds is 5. The second-order valence-electron chi connectivity index (χ2n) is 6.76. The first-order chi connectivity index (χ1) is 13.1. The second kappa shape index (κ2) is 7.56. The molecular weight excluding hydrogens is 393 g/mol. The molecule has 1 heterocycles. The maximum Gasteiger partial charge on any atom is 0.417 e. The number of halogens is 3. The number of nitrogens with zero attached hydrogens (tertiary/aromatic N) is 1. The van der Waals surface area contributed by atoms with Crippen molar-refractivity contribution in [2.75, 3.05) is 18.0 Å². The zero-order valence-electron chi connectivity index (χ0n) is 15.0. The highest BCUT2D eigenvalue weighted by molar-refractivity contribution is 7.89. The van der Waals surface area contributed by atoms with Crippen LogP contribution in [0.15, 0.2) is 53.4 Å². The third-order valence-electron chi connectivity index (χ3n) is 4.59. The van der Waals surface area contributed by atoms with Crippen molar-refractivity contribution >= 4 is 21.6 Å². The summed E-state index contributed by atoms with van der Waals surface area (Å²) in [7, 11) is -4.37. The van der Waals surface area contributed by atoms with Crippen LogP contribution in [-0.4, -0.2) is 27.4 Å². The first-order valence-electron chi connectivity index (χ1n) is 8.61. The maximum absolute atomic E-state index is 13.1. The number of amides is 1. The maximum atomic E-state index is 13.1. The summed E-state index contributed by atoms with van der Waals surface area (Å²) < 4.78 is 66.3. The zero-order chi connectivity index (χ0) is 20.5. The van der Waals surface area contributed by atoms with Crippen LogP contribution in [-0.2, 0) is 21.0 Å². The van der Waals surface area contributed by atoms with Crippen molar-refractivity contribution in [3.8, 4) is 0 Å². The SMILES string of the molecule is Cc1ccc(N2CC(CNS(=O)(=O)c3ccccc3C(F)(F)F)CC2=O)cc1. The molecule has 2 aromatic carbocycles. The highest BCUT2D eigenvalue weighted by Gasteiger charge is 2.37. The van der Waals surface area contributed by atoms with Crippen LogP contribution < -0.4 is 9.62 Å². The van der Waals surface area contributed by atoms with E-state index in [2.05, 4.69) is 4.72 Å². The van der Waals surface area contributed by atoms with Crippen LogP contribution in [0, 0.1) is 12.8 Å². The number of aryl methyl sites for hydroxylation is 1. The van der Waals surface area contributed by atoms with Crippen LogP contribution in [0.4, 0.5) is 18.9 Å². The van der Waals surface area contributed by atoms with Gasteiger partial charge in [-0.3, -0.25) is 4.79 Å². The molecule has 1 amide bonds. The van der Waals surface area contributed by atoms with Gasteiger partial charge in [0.1, 0.15) is 0 Å². The van der Waals surface area contributed by atoms with Gasteiger partial charge < -0.3 is 4.90 Å². The Morgan fingerprint density at radius 3 is 2.39 bits per heavy atom. The zero-order valence-corrected chi connectivity index (χ0v) is 15.8. The van der Waals surface area contributed by atoms with Crippen LogP contribution in [0.3, 0.4) is 0 Å². The summed E-state index contributed by atoms with van der Waals surface area (Å²) in [5.74, 6) is -0.481. The third kappa shape index (κ3) is 4.36. The monoisotopic (exact) mass is 412 g/mol. The molecule has 28 heavy (non-hydrogen) atoms. The molecule has 0 radical (unpaired) electrons. The number of benzene rings is 2. The van der Waals surface area contributed by atoms with Crippen LogP contribution in [0.5, 0.6) is 0 Å². The molecule has 0 spiro atoms. The number of nitrogens with one attached hydrogen (secondary N) is 1. The van der Waals surface area contributed by atoms with Gasteiger partial charge in [-0.2, -0.15) is 13.2 Å². The van der Waals surface area contributed by atoms with Gasteiger partial charge in [0.2, 0.25) is 15.9 Å². The minimum atomic E-state index is -4.78. The van der Waals surface area contributed by atoms with E-state index in [4.69, 9.17) is 0 Å². The Morgan fingerprint density at radius 1 is 1.11 bits per heavy atom. The Kier molecular flexibility index (Phi) is 5.49. The van der Waals surface area contributed by atoms with Gasteiger partial charge in [0, 0.05) is 25.2 Å². The summed E-state index contributed by atoms with van der Waals surface area (Å²) >= 11 is 0. The molecule has 1 aliphatic rings. The summed E-state index contributed by atoms with van der Waals surface area (Å²) in [6.07, 6.45) is -4.66. The lowest BCUT2D eigenvalue weighted by Crippen LogP contribution is -2.32. The van der Waals surface area contributed by atoms with E-state index in [-0.39, 0.29) is 24.8 Å². The van der Waals surface area contributed by atoms with Crippen LogP contribution in [0.25, 0.3) is 0 Å². The summed E-state index contributed by atoms with van der Waals surface area (Å²) in [4.78, 5) is 13.0. The lowest BCUT2D eigenvalue weighted by molar-refractivity contribution is -0.139. The van der Waals surface area contributed by atoms with Gasteiger partial charge in [-0.1, -0.05) is 29.8 Å². The fraction of sp³-hybridized carbons (Fsp3) is 0.316. The predicted molar refractivity (Wildman–Crippen MR) is 98.3 cm³/mol. The van der Waals surface area contributed by atoms with Crippen molar-refractivity contribution in [3.63, 3.8) is 0 Å². The minimum absolute atomic E-state index is 0.122. The largest absolute Gasteiger partial charge is 0.417 e. The number of sulfonamides is 1. The number of carbonyl (C=O) groups is 1. The smallest absolute Gasteiger partial charge is 0.312 e. The Hall–Kier alpha value is -2.39. The van der Waals surface area contributed by atoms with E-state index in [1.54, 1.807) is 17.0 Å². The predicted octanol–water partition coefficient (Wildman–Crippen LogP) is 3.35. The molecule has 150 valence electrons. The highest BCUT2D eigenvalue weighted by atomic mass is 32.2. The number of hydrogen-bond acceptors (Lipinski definition) is 3. The van der Waals surface area contributed by atoms with E-state index in [0.29, 0.717) is 12.2 Å². The molecule has 2 aromatic rings. The van der Waals surface area contributed by atoms with Crippen LogP contribution >= 0.6 is 0 Å².